The molecule has 0 radical (unpaired) electrons. The monoisotopic (exact) mass is 362 g/mol. The summed E-state index contributed by atoms with van der Waals surface area (Å²) in [5.74, 6) is 0.996. The molecule has 1 aromatic heterocycles. The zero-order valence-corrected chi connectivity index (χ0v) is 16.4. The van der Waals surface area contributed by atoms with Crippen LogP contribution in [0.1, 0.15) is 58.7 Å². The number of rotatable bonds is 7. The Morgan fingerprint density at radius 1 is 1.16 bits per heavy atom. The first-order valence-electron chi connectivity index (χ1n) is 8.32. The van der Waals surface area contributed by atoms with E-state index in [2.05, 4.69) is 24.1 Å². The van der Waals surface area contributed by atoms with Gasteiger partial charge in [-0.15, -0.1) is 11.3 Å². The molecular weight excluding hydrogens is 336 g/mol. The number of benzene rings is 1. The first kappa shape index (κ1) is 19.4. The molecule has 2 aromatic rings. The summed E-state index contributed by atoms with van der Waals surface area (Å²) in [7, 11) is 3.28. The minimum absolute atomic E-state index is 0.107. The summed E-state index contributed by atoms with van der Waals surface area (Å²) in [6.45, 7) is 7.97. The molecule has 0 fully saturated rings. The van der Waals surface area contributed by atoms with Crippen LogP contribution in [0.4, 0.5) is 0 Å². The van der Waals surface area contributed by atoms with Gasteiger partial charge in [-0.2, -0.15) is 0 Å². The number of methoxy groups -OCH3 is 2. The van der Waals surface area contributed by atoms with Crippen molar-refractivity contribution in [3.63, 3.8) is 0 Å². The lowest BCUT2D eigenvalue weighted by molar-refractivity contribution is 0.0646. The zero-order valence-electron chi connectivity index (χ0n) is 15.6. The summed E-state index contributed by atoms with van der Waals surface area (Å²) >= 11 is 1.46. The number of nitrogens with zero attached hydrogens (tertiary/aromatic N) is 1. The van der Waals surface area contributed by atoms with Crippen molar-refractivity contribution in [3.05, 3.63) is 45.4 Å². The van der Waals surface area contributed by atoms with Crippen molar-refractivity contribution in [2.24, 2.45) is 0 Å². The van der Waals surface area contributed by atoms with Crippen LogP contribution in [0.25, 0.3) is 0 Å². The van der Waals surface area contributed by atoms with Crippen LogP contribution in [-0.2, 0) is 4.74 Å². The van der Waals surface area contributed by atoms with Gasteiger partial charge >= 0.3 is 0 Å². The molecule has 1 amide bonds. The molecule has 1 aromatic carbocycles. The standard InChI is InChI=1S/C19H26N2O3S/c1-11(2)19-21-13(4)17(25-19)18(22)20-12(3)16(24-6)14-7-9-15(23-5)10-8-14/h7-12,16H,1-6H3,(H,20,22)/t12-,16-/m0/s1. The number of thiazole rings is 1. The molecule has 0 saturated carbocycles. The van der Waals surface area contributed by atoms with E-state index in [1.165, 1.54) is 11.3 Å². The number of amides is 1. The minimum atomic E-state index is -0.243. The van der Waals surface area contributed by atoms with Gasteiger partial charge in [0.25, 0.3) is 5.91 Å². The molecule has 0 bridgehead atoms. The number of aryl methyl sites for hydroxylation is 1. The molecule has 25 heavy (non-hydrogen) atoms. The van der Waals surface area contributed by atoms with E-state index in [0.717, 1.165) is 22.0 Å². The number of aromatic nitrogens is 1. The molecule has 6 heteroatoms. The van der Waals surface area contributed by atoms with Crippen LogP contribution < -0.4 is 10.1 Å². The average Bonchev–Trinajstić information content (AvgIpc) is 2.98. The Hall–Kier alpha value is -1.92. The molecule has 1 heterocycles. The van der Waals surface area contributed by atoms with Crippen LogP contribution in [0.3, 0.4) is 0 Å². The van der Waals surface area contributed by atoms with Gasteiger partial charge in [0.05, 0.1) is 23.9 Å². The van der Waals surface area contributed by atoms with Gasteiger partial charge in [-0.25, -0.2) is 4.98 Å². The van der Waals surface area contributed by atoms with Gasteiger partial charge in [-0.1, -0.05) is 26.0 Å². The largest absolute Gasteiger partial charge is 0.497 e. The fourth-order valence-electron chi connectivity index (χ4n) is 2.65. The lowest BCUT2D eigenvalue weighted by atomic mass is 10.0. The van der Waals surface area contributed by atoms with Crippen molar-refractivity contribution in [1.29, 1.82) is 0 Å². The predicted octanol–water partition coefficient (Wildman–Crippen LogP) is 4.09. The molecule has 1 N–H and O–H groups in total. The maximum atomic E-state index is 12.6. The molecule has 136 valence electrons. The van der Waals surface area contributed by atoms with Crippen molar-refractivity contribution in [3.8, 4) is 5.75 Å². The molecule has 0 aliphatic rings. The van der Waals surface area contributed by atoms with Gasteiger partial charge in [0, 0.05) is 13.0 Å². The van der Waals surface area contributed by atoms with E-state index in [4.69, 9.17) is 9.47 Å². The van der Waals surface area contributed by atoms with E-state index in [-0.39, 0.29) is 18.1 Å². The molecule has 0 saturated heterocycles. The third kappa shape index (κ3) is 4.58. The van der Waals surface area contributed by atoms with Crippen LogP contribution in [0.15, 0.2) is 24.3 Å². The summed E-state index contributed by atoms with van der Waals surface area (Å²) in [6.07, 6.45) is -0.243. The molecule has 0 unspecified atom stereocenters. The van der Waals surface area contributed by atoms with E-state index in [1.54, 1.807) is 14.2 Å². The molecule has 2 rings (SSSR count). The Labute approximate surface area is 153 Å². The SMILES string of the molecule is COc1ccc([C@@H](OC)[C@H](C)NC(=O)c2sc(C(C)C)nc2C)cc1. The highest BCUT2D eigenvalue weighted by Gasteiger charge is 2.24. The van der Waals surface area contributed by atoms with E-state index in [0.29, 0.717) is 10.8 Å². The Kier molecular flexibility index (Phi) is 6.56. The summed E-state index contributed by atoms with van der Waals surface area (Å²) in [5, 5.41) is 4.02. The Morgan fingerprint density at radius 2 is 1.80 bits per heavy atom. The number of nitrogens with one attached hydrogen (secondary N) is 1. The van der Waals surface area contributed by atoms with Gasteiger partial charge < -0.3 is 14.8 Å². The van der Waals surface area contributed by atoms with Gasteiger partial charge in [-0.05, 0) is 31.5 Å². The van der Waals surface area contributed by atoms with Crippen LogP contribution >= 0.6 is 11.3 Å². The van der Waals surface area contributed by atoms with Crippen molar-refractivity contribution in [1.82, 2.24) is 10.3 Å². The lowest BCUT2D eigenvalue weighted by Crippen LogP contribution is -2.37. The number of carbonyl (C=O) groups excluding carboxylic acids is 1. The zero-order chi connectivity index (χ0) is 18.6. The van der Waals surface area contributed by atoms with E-state index in [9.17, 15) is 4.79 Å². The van der Waals surface area contributed by atoms with Gasteiger partial charge in [0.15, 0.2) is 0 Å². The Bertz CT molecular complexity index is 710. The highest BCUT2D eigenvalue weighted by atomic mass is 32.1. The predicted molar refractivity (Wildman–Crippen MR) is 101 cm³/mol. The number of hydrogen-bond acceptors (Lipinski definition) is 5. The second-order valence-electron chi connectivity index (χ2n) is 6.31. The number of ether oxygens (including phenoxy) is 2. The Morgan fingerprint density at radius 3 is 2.28 bits per heavy atom. The number of carbonyl (C=O) groups is 1. The maximum absolute atomic E-state index is 12.6. The van der Waals surface area contributed by atoms with Crippen molar-refractivity contribution in [2.75, 3.05) is 14.2 Å². The fourth-order valence-corrected chi connectivity index (χ4v) is 3.62. The Balaban J connectivity index is 2.12. The summed E-state index contributed by atoms with van der Waals surface area (Å²) < 4.78 is 10.8. The van der Waals surface area contributed by atoms with Crippen molar-refractivity contribution < 1.29 is 14.3 Å². The normalized spacial score (nSPS) is 13.6. The van der Waals surface area contributed by atoms with Gasteiger partial charge in [0.2, 0.25) is 0 Å². The van der Waals surface area contributed by atoms with Crippen molar-refractivity contribution in [2.45, 2.75) is 45.8 Å². The third-order valence-electron chi connectivity index (χ3n) is 4.02. The summed E-state index contributed by atoms with van der Waals surface area (Å²) in [5.41, 5.74) is 1.76. The molecular formula is C19H26N2O3S. The summed E-state index contributed by atoms with van der Waals surface area (Å²) in [4.78, 5) is 17.8. The second kappa shape index (κ2) is 8.45. The first-order chi connectivity index (χ1) is 11.9. The number of hydrogen-bond donors (Lipinski definition) is 1. The lowest BCUT2D eigenvalue weighted by Gasteiger charge is -2.24. The van der Waals surface area contributed by atoms with Crippen LogP contribution in [0, 0.1) is 6.92 Å². The highest BCUT2D eigenvalue weighted by Crippen LogP contribution is 2.26. The highest BCUT2D eigenvalue weighted by molar-refractivity contribution is 7.13. The molecule has 5 nitrogen and oxygen atoms in total. The van der Waals surface area contributed by atoms with Gasteiger partial charge in [-0.3, -0.25) is 4.79 Å². The van der Waals surface area contributed by atoms with Crippen molar-refractivity contribution >= 4 is 17.2 Å². The molecule has 0 aliphatic heterocycles. The summed E-state index contributed by atoms with van der Waals surface area (Å²) in [6, 6.07) is 7.49. The molecule has 0 aliphatic carbocycles. The molecule has 0 spiro atoms. The topological polar surface area (TPSA) is 60.5 Å². The fraction of sp³-hybridized carbons (Fsp3) is 0.474. The third-order valence-corrected chi connectivity index (χ3v) is 5.48. The smallest absolute Gasteiger partial charge is 0.263 e. The first-order valence-corrected chi connectivity index (χ1v) is 9.14. The van der Waals surface area contributed by atoms with Crippen LogP contribution in [0.5, 0.6) is 5.75 Å². The van der Waals surface area contributed by atoms with Crippen LogP contribution in [-0.4, -0.2) is 31.2 Å². The second-order valence-corrected chi connectivity index (χ2v) is 7.34. The van der Waals surface area contributed by atoms with E-state index >= 15 is 0 Å². The maximum Gasteiger partial charge on any atom is 0.263 e. The molecule has 2 atom stereocenters. The van der Waals surface area contributed by atoms with Gasteiger partial charge in [0.1, 0.15) is 16.7 Å². The minimum Gasteiger partial charge on any atom is -0.497 e. The van der Waals surface area contributed by atoms with E-state index < -0.39 is 0 Å². The van der Waals surface area contributed by atoms with Crippen LogP contribution in [0.2, 0.25) is 0 Å². The van der Waals surface area contributed by atoms with E-state index in [1.807, 2.05) is 38.1 Å². The quantitative estimate of drug-likeness (QED) is 0.806. The average molecular weight is 362 g/mol.